The Labute approximate surface area is 162 Å². The fraction of sp³-hybridized carbons (Fsp3) is 0.300. The van der Waals surface area contributed by atoms with Crippen molar-refractivity contribution in [2.75, 3.05) is 19.5 Å². The molecule has 0 saturated heterocycles. The van der Waals surface area contributed by atoms with Crippen LogP contribution in [0.25, 0.3) is 0 Å². The number of halogens is 1. The van der Waals surface area contributed by atoms with Crippen molar-refractivity contribution in [3.05, 3.63) is 53.8 Å². The lowest BCUT2D eigenvalue weighted by molar-refractivity contribution is -0.137. The molecule has 0 bridgehead atoms. The summed E-state index contributed by atoms with van der Waals surface area (Å²) in [6.07, 6.45) is 0.639. The second kappa shape index (κ2) is 10.1. The molecule has 0 radical (unpaired) electrons. The molecule has 3 N–H and O–H groups in total. The van der Waals surface area contributed by atoms with Crippen molar-refractivity contribution in [1.29, 1.82) is 0 Å². The Balaban J connectivity index is 2.10. The predicted molar refractivity (Wildman–Crippen MR) is 102 cm³/mol. The molecule has 2 aromatic rings. The van der Waals surface area contributed by atoms with Crippen molar-refractivity contribution in [3.63, 3.8) is 0 Å². The van der Waals surface area contributed by atoms with Gasteiger partial charge in [0.1, 0.15) is 5.75 Å². The van der Waals surface area contributed by atoms with E-state index in [-0.39, 0.29) is 30.0 Å². The summed E-state index contributed by atoms with van der Waals surface area (Å²) in [5.74, 6) is -1.37. The Kier molecular flexibility index (Phi) is 7.62. The molecular formula is C20H23FN2O5. The molecular weight excluding hydrogens is 367 g/mol. The summed E-state index contributed by atoms with van der Waals surface area (Å²) in [6.45, 7) is 0. The third-order valence-corrected chi connectivity index (χ3v) is 4.09. The van der Waals surface area contributed by atoms with Crippen molar-refractivity contribution in [3.8, 4) is 11.5 Å². The van der Waals surface area contributed by atoms with Crippen molar-refractivity contribution in [1.82, 2.24) is 5.32 Å². The fourth-order valence-electron chi connectivity index (χ4n) is 2.72. The van der Waals surface area contributed by atoms with E-state index in [9.17, 15) is 14.0 Å². The molecule has 28 heavy (non-hydrogen) atoms. The van der Waals surface area contributed by atoms with E-state index in [1.807, 2.05) is 30.3 Å². The van der Waals surface area contributed by atoms with Gasteiger partial charge < -0.3 is 25.2 Å². The molecule has 2 amide bonds. The number of nitrogens with one attached hydrogen (secondary N) is 2. The average Bonchev–Trinajstić information content (AvgIpc) is 2.67. The first-order valence-electron chi connectivity index (χ1n) is 8.67. The molecule has 0 spiro atoms. The fourth-order valence-corrected chi connectivity index (χ4v) is 2.72. The largest absolute Gasteiger partial charge is 0.494 e. The SMILES string of the molecule is COc1cc(OC)c(NC(=O)NC(CCC(=O)O)Cc2ccccc2)cc1F. The van der Waals surface area contributed by atoms with Crippen LogP contribution in [0.5, 0.6) is 11.5 Å². The van der Waals surface area contributed by atoms with Crippen LogP contribution in [0.3, 0.4) is 0 Å². The maximum absolute atomic E-state index is 14.0. The number of amides is 2. The summed E-state index contributed by atoms with van der Waals surface area (Å²) in [5.41, 5.74) is 1.10. The Hall–Kier alpha value is -3.29. The lowest BCUT2D eigenvalue weighted by Gasteiger charge is -2.19. The van der Waals surface area contributed by atoms with E-state index in [4.69, 9.17) is 14.6 Å². The first kappa shape index (κ1) is 21.0. The van der Waals surface area contributed by atoms with Gasteiger partial charge in [0.2, 0.25) is 0 Å². The van der Waals surface area contributed by atoms with Crippen molar-refractivity contribution >= 4 is 17.7 Å². The standard InChI is InChI=1S/C20H23FN2O5/c1-27-17-12-18(28-2)16(11-15(17)21)23-20(26)22-14(8-9-19(24)25)10-13-6-4-3-5-7-13/h3-7,11-12,14H,8-10H2,1-2H3,(H,24,25)(H2,22,23,26). The third-order valence-electron chi connectivity index (χ3n) is 4.09. The number of rotatable bonds is 9. The first-order valence-corrected chi connectivity index (χ1v) is 8.67. The van der Waals surface area contributed by atoms with E-state index in [2.05, 4.69) is 10.6 Å². The van der Waals surface area contributed by atoms with Crippen LogP contribution in [0.15, 0.2) is 42.5 Å². The molecule has 0 aromatic heterocycles. The highest BCUT2D eigenvalue weighted by Crippen LogP contribution is 2.31. The van der Waals surface area contributed by atoms with E-state index in [0.29, 0.717) is 6.42 Å². The number of hydrogen-bond acceptors (Lipinski definition) is 4. The van der Waals surface area contributed by atoms with Gasteiger partial charge in [0.25, 0.3) is 0 Å². The van der Waals surface area contributed by atoms with Gasteiger partial charge in [0, 0.05) is 24.6 Å². The number of carbonyl (C=O) groups excluding carboxylic acids is 1. The van der Waals surface area contributed by atoms with E-state index < -0.39 is 23.9 Å². The van der Waals surface area contributed by atoms with Gasteiger partial charge in [-0.25, -0.2) is 9.18 Å². The van der Waals surface area contributed by atoms with Crippen molar-refractivity contribution in [2.24, 2.45) is 0 Å². The zero-order valence-corrected chi connectivity index (χ0v) is 15.7. The van der Waals surface area contributed by atoms with Crippen LogP contribution in [0, 0.1) is 5.82 Å². The number of methoxy groups -OCH3 is 2. The smallest absolute Gasteiger partial charge is 0.319 e. The van der Waals surface area contributed by atoms with Crippen LogP contribution in [-0.4, -0.2) is 37.4 Å². The highest BCUT2D eigenvalue weighted by molar-refractivity contribution is 5.91. The molecule has 0 aliphatic rings. The van der Waals surface area contributed by atoms with Gasteiger partial charge in [-0.2, -0.15) is 0 Å². The zero-order chi connectivity index (χ0) is 20.5. The molecule has 2 rings (SSSR count). The minimum atomic E-state index is -0.945. The normalized spacial score (nSPS) is 11.4. The Bertz CT molecular complexity index is 814. The number of carboxylic acid groups (broad SMARTS) is 1. The van der Waals surface area contributed by atoms with E-state index in [1.54, 1.807) is 0 Å². The highest BCUT2D eigenvalue weighted by atomic mass is 19.1. The maximum Gasteiger partial charge on any atom is 0.319 e. The molecule has 2 aromatic carbocycles. The number of carbonyl (C=O) groups is 2. The summed E-state index contributed by atoms with van der Waals surface area (Å²) >= 11 is 0. The summed E-state index contributed by atoms with van der Waals surface area (Å²) in [6, 6.07) is 10.8. The molecule has 0 fully saturated rings. The van der Waals surface area contributed by atoms with Crippen LogP contribution < -0.4 is 20.1 Å². The molecule has 0 heterocycles. The lowest BCUT2D eigenvalue weighted by atomic mass is 10.0. The topological polar surface area (TPSA) is 96.9 Å². The Morgan fingerprint density at radius 1 is 1.11 bits per heavy atom. The molecule has 8 heteroatoms. The van der Waals surface area contributed by atoms with Crippen molar-refractivity contribution < 1.29 is 28.6 Å². The number of carboxylic acids is 1. The van der Waals surface area contributed by atoms with Gasteiger partial charge in [-0.3, -0.25) is 4.79 Å². The minimum absolute atomic E-state index is 0.00813. The molecule has 0 aliphatic carbocycles. The molecule has 150 valence electrons. The number of ether oxygens (including phenoxy) is 2. The molecule has 7 nitrogen and oxygen atoms in total. The Morgan fingerprint density at radius 2 is 1.79 bits per heavy atom. The molecule has 1 atom stereocenters. The molecule has 1 unspecified atom stereocenters. The average molecular weight is 390 g/mol. The van der Waals surface area contributed by atoms with Gasteiger partial charge in [0.05, 0.1) is 19.9 Å². The summed E-state index contributed by atoms with van der Waals surface area (Å²) < 4.78 is 24.0. The quantitative estimate of drug-likeness (QED) is 0.609. The van der Waals surface area contributed by atoms with E-state index >= 15 is 0 Å². The van der Waals surface area contributed by atoms with Crippen molar-refractivity contribution in [2.45, 2.75) is 25.3 Å². The highest BCUT2D eigenvalue weighted by Gasteiger charge is 2.17. The van der Waals surface area contributed by atoms with Crippen LogP contribution in [0.1, 0.15) is 18.4 Å². The van der Waals surface area contributed by atoms with Gasteiger partial charge in [0.15, 0.2) is 11.6 Å². The maximum atomic E-state index is 14.0. The Morgan fingerprint density at radius 3 is 2.39 bits per heavy atom. The van der Waals surface area contributed by atoms with Crippen LogP contribution >= 0.6 is 0 Å². The molecule has 0 aliphatic heterocycles. The predicted octanol–water partition coefficient (Wildman–Crippen LogP) is 3.44. The van der Waals surface area contributed by atoms with Gasteiger partial charge in [-0.1, -0.05) is 30.3 Å². The van der Waals surface area contributed by atoms with E-state index in [0.717, 1.165) is 11.6 Å². The number of urea groups is 1. The summed E-state index contributed by atoms with van der Waals surface area (Å²) in [7, 11) is 2.72. The van der Waals surface area contributed by atoms with E-state index in [1.165, 1.54) is 20.3 Å². The lowest BCUT2D eigenvalue weighted by Crippen LogP contribution is -2.39. The van der Waals surface area contributed by atoms with Gasteiger partial charge >= 0.3 is 12.0 Å². The second-order valence-corrected chi connectivity index (χ2v) is 6.10. The van der Waals surface area contributed by atoms with Crippen LogP contribution in [-0.2, 0) is 11.2 Å². The molecule has 0 saturated carbocycles. The first-order chi connectivity index (χ1) is 13.4. The van der Waals surface area contributed by atoms with Gasteiger partial charge in [-0.05, 0) is 18.4 Å². The number of aliphatic carboxylic acids is 1. The minimum Gasteiger partial charge on any atom is -0.494 e. The van der Waals surface area contributed by atoms with Gasteiger partial charge in [-0.15, -0.1) is 0 Å². The number of anilines is 1. The van der Waals surface area contributed by atoms with Crippen LogP contribution in [0.2, 0.25) is 0 Å². The summed E-state index contributed by atoms with van der Waals surface area (Å²) in [5, 5.41) is 14.2. The van der Waals surface area contributed by atoms with Crippen LogP contribution in [0.4, 0.5) is 14.9 Å². The zero-order valence-electron chi connectivity index (χ0n) is 15.7. The third kappa shape index (κ3) is 6.15. The monoisotopic (exact) mass is 390 g/mol. The second-order valence-electron chi connectivity index (χ2n) is 6.10. The summed E-state index contributed by atoms with van der Waals surface area (Å²) in [4.78, 5) is 23.3. The number of hydrogen-bond donors (Lipinski definition) is 3. The number of benzene rings is 2.